The average Bonchev–Trinajstić information content (AvgIpc) is 3.48. The van der Waals surface area contributed by atoms with E-state index in [4.69, 9.17) is 9.15 Å². The molecule has 2 amide bonds. The summed E-state index contributed by atoms with van der Waals surface area (Å²) in [5.74, 6) is -4.15. The monoisotopic (exact) mass is 456 g/mol. The van der Waals surface area contributed by atoms with Crippen molar-refractivity contribution in [1.82, 2.24) is 0 Å². The molecule has 2 aromatic rings. The largest absolute Gasteiger partial charge is 0.461 e. The molecule has 1 aromatic carbocycles. The van der Waals surface area contributed by atoms with Gasteiger partial charge in [0, 0.05) is 24.0 Å². The maximum absolute atomic E-state index is 13.5. The van der Waals surface area contributed by atoms with E-state index >= 15 is 0 Å². The van der Waals surface area contributed by atoms with Crippen LogP contribution in [0.1, 0.15) is 43.8 Å². The van der Waals surface area contributed by atoms with E-state index in [-0.39, 0.29) is 36.7 Å². The van der Waals surface area contributed by atoms with Gasteiger partial charge in [-0.05, 0) is 37.5 Å². The zero-order valence-corrected chi connectivity index (χ0v) is 17.9. The lowest BCUT2D eigenvalue weighted by molar-refractivity contribution is -0.384. The molecule has 2 aliphatic heterocycles. The van der Waals surface area contributed by atoms with E-state index in [9.17, 15) is 29.9 Å². The van der Waals surface area contributed by atoms with Gasteiger partial charge in [0.2, 0.25) is 11.8 Å². The fraction of sp³-hybridized carbons (Fsp3) is 0.478. The number of imide groups is 1. The number of hydrogen-bond acceptors (Lipinski definition) is 8. The summed E-state index contributed by atoms with van der Waals surface area (Å²) in [6.07, 6.45) is 0.467. The third kappa shape index (κ3) is 3.20. The van der Waals surface area contributed by atoms with E-state index in [1.54, 1.807) is 12.1 Å². The van der Waals surface area contributed by atoms with Crippen LogP contribution in [-0.4, -0.2) is 32.7 Å². The summed E-state index contributed by atoms with van der Waals surface area (Å²) in [7, 11) is 0. The summed E-state index contributed by atoms with van der Waals surface area (Å²) in [5, 5.41) is 32.1. The molecule has 1 aliphatic carbocycles. The molecule has 174 valence electrons. The van der Waals surface area contributed by atoms with Crippen LogP contribution in [0.2, 0.25) is 0 Å². The highest BCUT2D eigenvalue weighted by molar-refractivity contribution is 6.22. The van der Waals surface area contributed by atoms with Crippen LogP contribution in [0.25, 0.3) is 0 Å². The fourth-order valence-corrected chi connectivity index (χ4v) is 5.78. The van der Waals surface area contributed by atoms with Gasteiger partial charge in [0.15, 0.2) is 5.79 Å². The minimum Gasteiger partial charge on any atom is -0.461 e. The molecule has 0 unspecified atom stereocenters. The molecular formula is C23H24N2O8. The normalized spacial score (nSPS) is 33.3. The summed E-state index contributed by atoms with van der Waals surface area (Å²) in [6, 6.07) is 8.74. The van der Waals surface area contributed by atoms with Gasteiger partial charge < -0.3 is 19.4 Å². The van der Waals surface area contributed by atoms with Gasteiger partial charge in [0.1, 0.15) is 24.2 Å². The van der Waals surface area contributed by atoms with Gasteiger partial charge in [0.05, 0.1) is 22.4 Å². The maximum atomic E-state index is 13.5. The molecule has 1 aromatic heterocycles. The molecule has 0 bridgehead atoms. The first-order valence-corrected chi connectivity index (χ1v) is 11.0. The van der Waals surface area contributed by atoms with Gasteiger partial charge in [-0.25, -0.2) is 4.90 Å². The minimum absolute atomic E-state index is 0.152. The van der Waals surface area contributed by atoms with Gasteiger partial charge in [-0.1, -0.05) is 13.0 Å². The number of nitro groups is 1. The van der Waals surface area contributed by atoms with E-state index in [0.717, 1.165) is 4.90 Å². The van der Waals surface area contributed by atoms with E-state index in [1.807, 2.05) is 6.92 Å². The maximum Gasteiger partial charge on any atom is 0.271 e. The van der Waals surface area contributed by atoms with Crippen LogP contribution in [0.5, 0.6) is 0 Å². The predicted octanol–water partition coefficient (Wildman–Crippen LogP) is 2.68. The first-order chi connectivity index (χ1) is 15.8. The summed E-state index contributed by atoms with van der Waals surface area (Å²) >= 11 is 0. The summed E-state index contributed by atoms with van der Waals surface area (Å²) < 4.78 is 11.7. The lowest BCUT2D eigenvalue weighted by atomic mass is 9.64. The summed E-state index contributed by atoms with van der Waals surface area (Å²) in [4.78, 5) is 38.5. The molecule has 10 nitrogen and oxygen atoms in total. The second-order valence-corrected chi connectivity index (χ2v) is 8.92. The van der Waals surface area contributed by atoms with Crippen LogP contribution in [-0.2, 0) is 20.9 Å². The number of rotatable bonds is 5. The summed E-state index contributed by atoms with van der Waals surface area (Å²) in [6.45, 7) is 1.63. The molecule has 3 aliphatic rings. The molecule has 3 fully saturated rings. The second kappa shape index (κ2) is 7.75. The molecule has 10 heteroatoms. The number of non-ortho nitro benzene ring substituents is 1. The number of carbonyl (C=O) groups excluding carboxylic acids is 2. The Morgan fingerprint density at radius 3 is 2.67 bits per heavy atom. The van der Waals surface area contributed by atoms with Crippen LogP contribution in [0, 0.1) is 33.8 Å². The van der Waals surface area contributed by atoms with Crippen LogP contribution in [0.15, 0.2) is 40.8 Å². The second-order valence-electron chi connectivity index (χ2n) is 8.92. The van der Waals surface area contributed by atoms with E-state index in [0.29, 0.717) is 17.9 Å². The number of ether oxygens (including phenoxy) is 1. The Hall–Kier alpha value is -3.08. The van der Waals surface area contributed by atoms with Crippen molar-refractivity contribution in [3.63, 3.8) is 0 Å². The Labute approximate surface area is 188 Å². The lowest BCUT2D eigenvalue weighted by Gasteiger charge is -2.44. The standard InChI is InChI=1S/C23H24N2O8/c1-2-12-8-16-20(17-10-19(33-23(12,17)29)18-7-6-15(11-26)32-18)22(28)24(21(16)27)13-4-3-5-14(9-13)25(30)31/h3-7,9,12,16-17,19-20,26,29H,2,8,10-11H2,1H3/t12-,16-,17-,19-,20-,23+/m0/s1. The van der Waals surface area contributed by atoms with Gasteiger partial charge in [-0.15, -0.1) is 0 Å². The highest BCUT2D eigenvalue weighted by Crippen LogP contribution is 2.59. The number of carbonyl (C=O) groups is 2. The number of aliphatic hydroxyl groups excluding tert-OH is 1. The summed E-state index contributed by atoms with van der Waals surface area (Å²) in [5.41, 5.74) is -0.0630. The fourth-order valence-electron chi connectivity index (χ4n) is 5.78. The predicted molar refractivity (Wildman–Crippen MR) is 112 cm³/mol. The number of anilines is 1. The smallest absolute Gasteiger partial charge is 0.271 e. The van der Waals surface area contributed by atoms with Crippen LogP contribution in [0.3, 0.4) is 0 Å². The van der Waals surface area contributed by atoms with Crippen molar-refractivity contribution < 1.29 is 33.9 Å². The Bertz CT molecular complexity index is 1130. The Kier molecular flexibility index (Phi) is 5.11. The quantitative estimate of drug-likeness (QED) is 0.397. The minimum atomic E-state index is -1.61. The van der Waals surface area contributed by atoms with Crippen molar-refractivity contribution in [1.29, 1.82) is 0 Å². The SMILES string of the molecule is CC[C@H]1C[C@@H]2C(=O)N(c3cccc([N+](=O)[O-])c3)C(=O)[C@@H]2[C@@H]2C[C@@H](c3ccc(CO)o3)O[C@]12O. The number of amides is 2. The molecule has 6 atom stereocenters. The Morgan fingerprint density at radius 2 is 2.00 bits per heavy atom. The molecule has 5 rings (SSSR count). The third-order valence-electron chi connectivity index (χ3n) is 7.31. The van der Waals surface area contributed by atoms with Crippen molar-refractivity contribution in [3.8, 4) is 0 Å². The number of aliphatic hydroxyl groups is 2. The average molecular weight is 456 g/mol. The van der Waals surface area contributed by atoms with Crippen molar-refractivity contribution in [2.24, 2.45) is 23.7 Å². The molecule has 1 saturated carbocycles. The lowest BCUT2D eigenvalue weighted by Crippen LogP contribution is -2.53. The molecule has 0 spiro atoms. The van der Waals surface area contributed by atoms with Crippen molar-refractivity contribution in [3.05, 3.63) is 58.0 Å². The Balaban J connectivity index is 1.51. The van der Waals surface area contributed by atoms with Crippen molar-refractivity contribution in [2.75, 3.05) is 4.90 Å². The van der Waals surface area contributed by atoms with Crippen molar-refractivity contribution in [2.45, 2.75) is 44.7 Å². The highest BCUT2D eigenvalue weighted by atomic mass is 16.6. The molecule has 2 saturated heterocycles. The van der Waals surface area contributed by atoms with E-state index < -0.39 is 46.4 Å². The zero-order valence-electron chi connectivity index (χ0n) is 17.9. The first-order valence-electron chi connectivity index (χ1n) is 11.0. The van der Waals surface area contributed by atoms with Crippen LogP contribution in [0.4, 0.5) is 11.4 Å². The number of nitrogens with zero attached hydrogens (tertiary/aromatic N) is 2. The number of hydrogen-bond donors (Lipinski definition) is 2. The molecule has 3 heterocycles. The zero-order chi connectivity index (χ0) is 23.5. The highest BCUT2D eigenvalue weighted by Gasteiger charge is 2.66. The van der Waals surface area contributed by atoms with Crippen LogP contribution < -0.4 is 4.90 Å². The van der Waals surface area contributed by atoms with Gasteiger partial charge in [-0.2, -0.15) is 0 Å². The Morgan fingerprint density at radius 1 is 1.21 bits per heavy atom. The number of fused-ring (bicyclic) bond motifs is 3. The number of furan rings is 1. The van der Waals surface area contributed by atoms with Gasteiger partial charge in [-0.3, -0.25) is 19.7 Å². The van der Waals surface area contributed by atoms with Gasteiger partial charge in [0.25, 0.3) is 5.69 Å². The van der Waals surface area contributed by atoms with E-state index in [1.165, 1.54) is 24.3 Å². The molecule has 0 radical (unpaired) electrons. The van der Waals surface area contributed by atoms with E-state index in [2.05, 4.69) is 0 Å². The number of benzene rings is 1. The van der Waals surface area contributed by atoms with Gasteiger partial charge >= 0.3 is 0 Å². The molecule has 33 heavy (non-hydrogen) atoms. The molecular weight excluding hydrogens is 432 g/mol. The first kappa shape index (κ1) is 21.7. The number of nitro benzene ring substituents is 1. The van der Waals surface area contributed by atoms with Crippen LogP contribution >= 0.6 is 0 Å². The topological polar surface area (TPSA) is 143 Å². The molecule has 2 N–H and O–H groups in total. The van der Waals surface area contributed by atoms with Crippen molar-refractivity contribution >= 4 is 23.2 Å². The third-order valence-corrected chi connectivity index (χ3v) is 7.31.